The van der Waals surface area contributed by atoms with Crippen molar-refractivity contribution in [1.29, 1.82) is 0 Å². The highest BCUT2D eigenvalue weighted by Crippen LogP contribution is 2.22. The lowest BCUT2D eigenvalue weighted by molar-refractivity contribution is -0.135. The van der Waals surface area contributed by atoms with Crippen molar-refractivity contribution in [2.75, 3.05) is 6.54 Å². The first-order valence-electron chi connectivity index (χ1n) is 8.71. The van der Waals surface area contributed by atoms with E-state index in [1.807, 2.05) is 24.0 Å². The Hall–Kier alpha value is -2.17. The molecule has 0 spiro atoms. The smallest absolute Gasteiger partial charge is 0.261 e. The zero-order chi connectivity index (χ0) is 17.3. The first-order chi connectivity index (χ1) is 11.5. The van der Waals surface area contributed by atoms with E-state index in [-0.39, 0.29) is 17.5 Å². The van der Waals surface area contributed by atoms with Gasteiger partial charge in [0.25, 0.3) is 5.56 Å². The predicted molar refractivity (Wildman–Crippen MR) is 94.9 cm³/mol. The van der Waals surface area contributed by atoms with Crippen molar-refractivity contribution in [2.24, 2.45) is 5.92 Å². The van der Waals surface area contributed by atoms with Crippen molar-refractivity contribution in [3.05, 3.63) is 40.4 Å². The minimum atomic E-state index is -0.0724. The van der Waals surface area contributed by atoms with Crippen molar-refractivity contribution >= 4 is 16.8 Å². The van der Waals surface area contributed by atoms with Crippen LogP contribution in [0, 0.1) is 12.8 Å². The van der Waals surface area contributed by atoms with Crippen molar-refractivity contribution in [2.45, 2.75) is 52.6 Å². The number of aromatic nitrogens is 2. The van der Waals surface area contributed by atoms with Crippen LogP contribution >= 0.6 is 0 Å². The summed E-state index contributed by atoms with van der Waals surface area (Å²) < 4.78 is 1.55. The highest BCUT2D eigenvalue weighted by molar-refractivity contribution is 5.80. The van der Waals surface area contributed by atoms with Crippen LogP contribution in [0.4, 0.5) is 0 Å². The molecule has 1 amide bonds. The molecule has 1 fully saturated rings. The van der Waals surface area contributed by atoms with E-state index in [0.29, 0.717) is 24.3 Å². The minimum Gasteiger partial charge on any atom is -0.340 e. The number of amides is 1. The van der Waals surface area contributed by atoms with Gasteiger partial charge in [-0.2, -0.15) is 0 Å². The summed E-state index contributed by atoms with van der Waals surface area (Å²) in [7, 11) is 0. The predicted octanol–water partition coefficient (Wildman–Crippen LogP) is 2.74. The molecule has 1 aromatic carbocycles. The monoisotopic (exact) mass is 327 g/mol. The average Bonchev–Trinajstić information content (AvgIpc) is 2.54. The molecule has 0 saturated carbocycles. The average molecular weight is 327 g/mol. The molecule has 0 aliphatic carbocycles. The van der Waals surface area contributed by atoms with Gasteiger partial charge in [-0.3, -0.25) is 14.2 Å². The molecule has 0 N–H and O–H groups in total. The van der Waals surface area contributed by atoms with E-state index in [1.54, 1.807) is 17.0 Å². The third-order valence-electron chi connectivity index (χ3n) is 5.08. The Morgan fingerprint density at radius 3 is 2.88 bits per heavy atom. The van der Waals surface area contributed by atoms with E-state index in [4.69, 9.17) is 0 Å². The number of nitrogens with zero attached hydrogens (tertiary/aromatic N) is 3. The van der Waals surface area contributed by atoms with Crippen LogP contribution in [-0.2, 0) is 11.3 Å². The Kier molecular flexibility index (Phi) is 4.69. The van der Waals surface area contributed by atoms with Gasteiger partial charge >= 0.3 is 0 Å². The Labute approximate surface area is 142 Å². The van der Waals surface area contributed by atoms with Crippen LogP contribution < -0.4 is 5.56 Å². The summed E-state index contributed by atoms with van der Waals surface area (Å²) in [6.07, 6.45) is 4.03. The van der Waals surface area contributed by atoms with Crippen molar-refractivity contribution in [3.8, 4) is 0 Å². The molecule has 2 aromatic rings. The number of carbonyl (C=O) groups excluding carboxylic acids is 1. The van der Waals surface area contributed by atoms with Crippen LogP contribution in [0.1, 0.15) is 38.7 Å². The molecule has 1 saturated heterocycles. The molecule has 0 radical (unpaired) electrons. The number of aryl methyl sites for hydroxylation is 2. The maximum Gasteiger partial charge on any atom is 0.261 e. The molecule has 128 valence electrons. The summed E-state index contributed by atoms with van der Waals surface area (Å²) in [5.74, 6) is 0.810. The summed E-state index contributed by atoms with van der Waals surface area (Å²) in [4.78, 5) is 31.4. The number of fused-ring (bicyclic) bond motifs is 1. The molecular weight excluding hydrogens is 302 g/mol. The van der Waals surface area contributed by atoms with Crippen LogP contribution in [-0.4, -0.2) is 32.9 Å². The second-order valence-corrected chi connectivity index (χ2v) is 7.03. The largest absolute Gasteiger partial charge is 0.340 e. The number of benzene rings is 1. The maximum absolute atomic E-state index is 12.6. The lowest BCUT2D eigenvalue weighted by Gasteiger charge is -2.36. The molecule has 3 rings (SSSR count). The number of hydrogen-bond donors (Lipinski definition) is 0. The van der Waals surface area contributed by atoms with Crippen LogP contribution in [0.5, 0.6) is 0 Å². The van der Waals surface area contributed by atoms with Crippen LogP contribution in [0.2, 0.25) is 0 Å². The number of likely N-dealkylation sites (tertiary alicyclic amines) is 1. The molecule has 2 heterocycles. The van der Waals surface area contributed by atoms with Crippen molar-refractivity contribution in [3.63, 3.8) is 0 Å². The van der Waals surface area contributed by atoms with Crippen molar-refractivity contribution in [1.82, 2.24) is 14.5 Å². The van der Waals surface area contributed by atoms with E-state index in [1.165, 1.54) is 0 Å². The highest BCUT2D eigenvalue weighted by atomic mass is 16.2. The first kappa shape index (κ1) is 16.7. The van der Waals surface area contributed by atoms with Gasteiger partial charge < -0.3 is 4.90 Å². The van der Waals surface area contributed by atoms with E-state index in [2.05, 4.69) is 18.8 Å². The quantitative estimate of drug-likeness (QED) is 0.871. The van der Waals surface area contributed by atoms with E-state index < -0.39 is 0 Å². The molecule has 0 bridgehead atoms. The summed E-state index contributed by atoms with van der Waals surface area (Å²) in [6.45, 7) is 7.50. The van der Waals surface area contributed by atoms with Gasteiger partial charge in [-0.1, -0.05) is 19.1 Å². The highest BCUT2D eigenvalue weighted by Gasteiger charge is 2.26. The van der Waals surface area contributed by atoms with E-state index in [9.17, 15) is 9.59 Å². The van der Waals surface area contributed by atoms with Gasteiger partial charge in [0.15, 0.2) is 0 Å². The van der Waals surface area contributed by atoms with E-state index in [0.717, 1.165) is 30.5 Å². The van der Waals surface area contributed by atoms with Gasteiger partial charge in [0.2, 0.25) is 5.91 Å². The fourth-order valence-corrected chi connectivity index (χ4v) is 3.63. The normalized spacial score (nSPS) is 21.2. The van der Waals surface area contributed by atoms with Crippen LogP contribution in [0.25, 0.3) is 10.9 Å². The lowest BCUT2D eigenvalue weighted by atomic mass is 9.93. The maximum atomic E-state index is 12.6. The number of para-hydroxylation sites is 1. The summed E-state index contributed by atoms with van der Waals surface area (Å²) in [5.41, 5.74) is 1.66. The minimum absolute atomic E-state index is 0.0724. The summed E-state index contributed by atoms with van der Waals surface area (Å²) in [6, 6.07) is 5.90. The fourth-order valence-electron chi connectivity index (χ4n) is 3.63. The zero-order valence-corrected chi connectivity index (χ0v) is 14.7. The SMILES string of the molecule is Cc1cccc2c(=O)n(CCC(=O)N3CC[C@H](C)C[C@H]3C)cnc12. The van der Waals surface area contributed by atoms with Crippen molar-refractivity contribution < 1.29 is 4.79 Å². The van der Waals surface area contributed by atoms with Gasteiger partial charge in [0.1, 0.15) is 0 Å². The van der Waals surface area contributed by atoms with Gasteiger partial charge in [0.05, 0.1) is 17.2 Å². The third-order valence-corrected chi connectivity index (χ3v) is 5.08. The Morgan fingerprint density at radius 2 is 2.12 bits per heavy atom. The summed E-state index contributed by atoms with van der Waals surface area (Å²) >= 11 is 0. The third kappa shape index (κ3) is 3.21. The number of hydrogen-bond acceptors (Lipinski definition) is 3. The van der Waals surface area contributed by atoms with Gasteiger partial charge in [-0.25, -0.2) is 4.98 Å². The zero-order valence-electron chi connectivity index (χ0n) is 14.7. The van der Waals surface area contributed by atoms with Gasteiger partial charge in [0, 0.05) is 25.6 Å². The van der Waals surface area contributed by atoms with E-state index >= 15 is 0 Å². The molecule has 1 aliphatic rings. The first-order valence-corrected chi connectivity index (χ1v) is 8.71. The standard InChI is InChI=1S/C19H25N3O2/c1-13-7-10-22(15(3)11-13)17(23)8-9-21-12-20-18-14(2)5-4-6-16(18)19(21)24/h4-6,12-13,15H,7-11H2,1-3H3/t13-,15+/m0/s1. The molecule has 5 heteroatoms. The molecule has 1 aliphatic heterocycles. The topological polar surface area (TPSA) is 55.2 Å². The molecule has 2 atom stereocenters. The number of rotatable bonds is 3. The number of carbonyl (C=O) groups is 1. The molecule has 1 aromatic heterocycles. The Morgan fingerprint density at radius 1 is 1.33 bits per heavy atom. The Balaban J connectivity index is 1.73. The fraction of sp³-hybridized carbons (Fsp3) is 0.526. The summed E-state index contributed by atoms with van der Waals surface area (Å²) in [5, 5.41) is 0.616. The van der Waals surface area contributed by atoms with Crippen LogP contribution in [0.15, 0.2) is 29.3 Å². The Bertz CT molecular complexity index is 812. The van der Waals surface area contributed by atoms with Gasteiger partial charge in [-0.05, 0) is 44.2 Å². The molecule has 5 nitrogen and oxygen atoms in total. The molecular formula is C19H25N3O2. The lowest BCUT2D eigenvalue weighted by Crippen LogP contribution is -2.44. The second-order valence-electron chi connectivity index (χ2n) is 7.03. The molecule has 0 unspecified atom stereocenters. The molecule has 24 heavy (non-hydrogen) atoms. The van der Waals surface area contributed by atoms with Crippen LogP contribution in [0.3, 0.4) is 0 Å². The van der Waals surface area contributed by atoms with Gasteiger partial charge in [-0.15, -0.1) is 0 Å². The number of piperidine rings is 1. The second kappa shape index (κ2) is 6.75.